The van der Waals surface area contributed by atoms with Gasteiger partial charge in [-0.25, -0.2) is 4.57 Å². The molecule has 0 aromatic carbocycles. The van der Waals surface area contributed by atoms with Crippen LogP contribution in [-0.2, 0) is 27.9 Å². The third kappa shape index (κ3) is 40.6. The Morgan fingerprint density at radius 1 is 0.574 bits per heavy atom. The summed E-state index contributed by atoms with van der Waals surface area (Å²) < 4.78 is 33.4. The fraction of sp³-hybridized carbons (Fsp3) is 0.886. The Kier molecular flexibility index (Phi) is 40.8. The van der Waals surface area contributed by atoms with Crippen LogP contribution >= 0.6 is 7.82 Å². The van der Waals surface area contributed by atoms with Crippen molar-refractivity contribution in [2.75, 3.05) is 33.0 Å². The Morgan fingerprint density at radius 2 is 1.00 bits per heavy atom. The zero-order chi connectivity index (χ0) is 39.6. The smallest absolute Gasteiger partial charge is 0.457 e. The molecule has 0 bridgehead atoms. The van der Waals surface area contributed by atoms with Crippen molar-refractivity contribution >= 4 is 13.8 Å². The van der Waals surface area contributed by atoms with Crippen LogP contribution in [0.1, 0.15) is 206 Å². The topological polar surface area (TPSA) is 132 Å². The zero-order valence-corrected chi connectivity index (χ0v) is 35.8. The molecule has 0 saturated carbocycles. The van der Waals surface area contributed by atoms with Crippen molar-refractivity contribution in [3.8, 4) is 0 Å². The Bertz CT molecular complexity index is 897. The van der Waals surface area contributed by atoms with Crippen molar-refractivity contribution < 1.29 is 43.0 Å². The van der Waals surface area contributed by atoms with Gasteiger partial charge < -0.3 is 24.6 Å². The molecule has 10 heteroatoms. The molecular weight excluding hydrogens is 703 g/mol. The Labute approximate surface area is 332 Å². The van der Waals surface area contributed by atoms with E-state index in [1.165, 1.54) is 148 Å². The van der Waals surface area contributed by atoms with Crippen LogP contribution < -0.4 is 0 Å². The van der Waals surface area contributed by atoms with Gasteiger partial charge in [0.15, 0.2) is 0 Å². The second kappa shape index (κ2) is 41.6. The second-order valence-corrected chi connectivity index (χ2v) is 16.5. The van der Waals surface area contributed by atoms with E-state index in [-0.39, 0.29) is 25.6 Å². The Balaban J connectivity index is 4.13. The summed E-state index contributed by atoms with van der Waals surface area (Å²) in [6.07, 6.45) is 42.7. The first-order valence-electron chi connectivity index (χ1n) is 22.3. The van der Waals surface area contributed by atoms with Crippen LogP contribution in [0.4, 0.5) is 0 Å². The molecule has 0 saturated heterocycles. The molecule has 320 valence electrons. The highest BCUT2D eigenvalue weighted by Crippen LogP contribution is 2.43. The van der Waals surface area contributed by atoms with Crippen LogP contribution in [-0.4, -0.2) is 66.3 Å². The van der Waals surface area contributed by atoms with Gasteiger partial charge in [-0.05, 0) is 44.9 Å². The molecule has 0 spiro atoms. The number of hydrogen-bond donors (Lipinski definition) is 3. The molecule has 54 heavy (non-hydrogen) atoms. The van der Waals surface area contributed by atoms with Gasteiger partial charge in [0.1, 0.15) is 12.2 Å². The fourth-order valence-corrected chi connectivity index (χ4v) is 7.00. The summed E-state index contributed by atoms with van der Waals surface area (Å²) in [6.45, 7) is 3.52. The number of aliphatic hydroxyl groups is 2. The maximum Gasteiger partial charge on any atom is 0.472 e. The minimum atomic E-state index is -4.51. The van der Waals surface area contributed by atoms with E-state index in [9.17, 15) is 19.4 Å². The zero-order valence-electron chi connectivity index (χ0n) is 35.0. The molecule has 0 aromatic rings. The number of aliphatic hydroxyl groups excluding tert-OH is 2. The van der Waals surface area contributed by atoms with E-state index in [0.29, 0.717) is 6.61 Å². The van der Waals surface area contributed by atoms with Crippen molar-refractivity contribution in [2.45, 2.75) is 219 Å². The number of rotatable bonds is 43. The summed E-state index contributed by atoms with van der Waals surface area (Å²) in [7, 11) is -4.51. The molecule has 0 aliphatic carbocycles. The first kappa shape index (κ1) is 52.9. The van der Waals surface area contributed by atoms with Crippen LogP contribution in [0, 0.1) is 0 Å². The van der Waals surface area contributed by atoms with E-state index < -0.39 is 33.2 Å². The largest absolute Gasteiger partial charge is 0.472 e. The number of ether oxygens (including phenoxy) is 2. The highest BCUT2D eigenvalue weighted by molar-refractivity contribution is 7.47. The fourth-order valence-electron chi connectivity index (χ4n) is 6.21. The number of phosphoric ester groups is 1. The third-order valence-corrected chi connectivity index (χ3v) is 10.6. The van der Waals surface area contributed by atoms with Crippen molar-refractivity contribution in [1.29, 1.82) is 0 Å². The second-order valence-electron chi connectivity index (χ2n) is 15.1. The Hall–Kier alpha value is -1.06. The standard InChI is InChI=1S/C44H85O9P/c1-3-5-7-9-11-13-15-17-19-20-21-22-23-24-26-28-30-32-34-36-44(47)53-43(41-52-54(48,49)51-39-42(46)38-45)40-50-37-35-33-31-29-27-25-18-16-14-12-10-8-6-4-2/h11,13,17,19,42-43,45-46H,3-10,12,14-16,18,20-41H2,1-2H3,(H,48,49)/b13-11-,19-17-. The van der Waals surface area contributed by atoms with Gasteiger partial charge in [0.25, 0.3) is 0 Å². The van der Waals surface area contributed by atoms with Crippen molar-refractivity contribution in [2.24, 2.45) is 0 Å². The van der Waals surface area contributed by atoms with Crippen LogP contribution in [0.5, 0.6) is 0 Å². The summed E-state index contributed by atoms with van der Waals surface area (Å²) in [5.41, 5.74) is 0. The maximum absolute atomic E-state index is 12.6. The number of carbonyl (C=O) groups is 1. The molecule has 9 nitrogen and oxygen atoms in total. The SMILES string of the molecule is CCCCC/C=C\C/C=C\CCCCCCCCCCCC(=O)OC(COCCCCCCCCCCCCCCCC)COP(=O)(O)OCC(O)CO. The predicted octanol–water partition coefficient (Wildman–Crippen LogP) is 12.3. The molecule has 0 amide bonds. The van der Waals surface area contributed by atoms with Crippen molar-refractivity contribution in [1.82, 2.24) is 0 Å². The lowest BCUT2D eigenvalue weighted by Gasteiger charge is -2.20. The molecule has 0 radical (unpaired) electrons. The molecule has 0 aromatic heterocycles. The molecule has 0 heterocycles. The Morgan fingerprint density at radius 3 is 1.52 bits per heavy atom. The van der Waals surface area contributed by atoms with Gasteiger partial charge in [-0.3, -0.25) is 13.8 Å². The molecule has 0 aliphatic heterocycles. The quantitative estimate of drug-likeness (QED) is 0.0239. The van der Waals surface area contributed by atoms with Gasteiger partial charge in [-0.2, -0.15) is 0 Å². The average Bonchev–Trinajstić information content (AvgIpc) is 3.16. The van der Waals surface area contributed by atoms with Crippen LogP contribution in [0.25, 0.3) is 0 Å². The van der Waals surface area contributed by atoms with Gasteiger partial charge in [0.2, 0.25) is 0 Å². The van der Waals surface area contributed by atoms with Gasteiger partial charge >= 0.3 is 13.8 Å². The number of allylic oxidation sites excluding steroid dienone is 4. The summed E-state index contributed by atoms with van der Waals surface area (Å²) in [5, 5.41) is 18.3. The molecule has 3 atom stereocenters. The molecule has 0 rings (SSSR count). The van der Waals surface area contributed by atoms with Gasteiger partial charge in [0, 0.05) is 13.0 Å². The number of hydrogen-bond acceptors (Lipinski definition) is 8. The van der Waals surface area contributed by atoms with E-state index in [2.05, 4.69) is 38.2 Å². The first-order chi connectivity index (χ1) is 26.3. The van der Waals surface area contributed by atoms with Crippen LogP contribution in [0.15, 0.2) is 24.3 Å². The summed E-state index contributed by atoms with van der Waals surface area (Å²) in [6, 6.07) is 0. The molecular formula is C44H85O9P. The lowest BCUT2D eigenvalue weighted by Crippen LogP contribution is -2.29. The monoisotopic (exact) mass is 789 g/mol. The number of esters is 1. The molecule has 3 N–H and O–H groups in total. The normalized spacial score (nSPS) is 14.2. The minimum Gasteiger partial charge on any atom is -0.457 e. The predicted molar refractivity (Wildman–Crippen MR) is 224 cm³/mol. The van der Waals surface area contributed by atoms with Crippen molar-refractivity contribution in [3.63, 3.8) is 0 Å². The lowest BCUT2D eigenvalue weighted by molar-refractivity contribution is -0.154. The average molecular weight is 789 g/mol. The van der Waals surface area contributed by atoms with Crippen molar-refractivity contribution in [3.05, 3.63) is 24.3 Å². The van der Waals surface area contributed by atoms with E-state index >= 15 is 0 Å². The van der Waals surface area contributed by atoms with Crippen LogP contribution in [0.2, 0.25) is 0 Å². The molecule has 3 unspecified atom stereocenters. The highest BCUT2D eigenvalue weighted by atomic mass is 31.2. The van der Waals surface area contributed by atoms with Crippen LogP contribution in [0.3, 0.4) is 0 Å². The number of carbonyl (C=O) groups excluding carboxylic acids is 1. The number of unbranched alkanes of at least 4 members (excludes halogenated alkanes) is 25. The van der Waals surface area contributed by atoms with E-state index in [0.717, 1.165) is 38.5 Å². The summed E-state index contributed by atoms with van der Waals surface area (Å²) in [4.78, 5) is 22.6. The lowest BCUT2D eigenvalue weighted by atomic mass is 10.0. The number of phosphoric acid groups is 1. The van der Waals surface area contributed by atoms with E-state index in [4.69, 9.17) is 23.6 Å². The summed E-state index contributed by atoms with van der Waals surface area (Å²) >= 11 is 0. The minimum absolute atomic E-state index is 0.0519. The van der Waals surface area contributed by atoms with Gasteiger partial charge in [-0.1, -0.05) is 179 Å². The molecule has 0 aliphatic rings. The first-order valence-corrected chi connectivity index (χ1v) is 23.8. The van der Waals surface area contributed by atoms with Gasteiger partial charge in [0.05, 0.1) is 26.4 Å². The summed E-state index contributed by atoms with van der Waals surface area (Å²) in [5.74, 6) is -0.384. The third-order valence-electron chi connectivity index (χ3n) is 9.64. The highest BCUT2D eigenvalue weighted by Gasteiger charge is 2.26. The molecule has 0 fully saturated rings. The van der Waals surface area contributed by atoms with E-state index in [1.807, 2.05) is 0 Å². The van der Waals surface area contributed by atoms with E-state index in [1.54, 1.807) is 0 Å². The van der Waals surface area contributed by atoms with Gasteiger partial charge in [-0.15, -0.1) is 0 Å². The maximum atomic E-state index is 12.6.